The van der Waals surface area contributed by atoms with Gasteiger partial charge in [-0.15, -0.1) is 0 Å². The fourth-order valence-corrected chi connectivity index (χ4v) is 2.76. The average molecular weight is 505 g/mol. The molecule has 1 aliphatic rings. The number of carbonyl (C=O) groups excluding carboxylic acids is 5. The number of aliphatic hydroxyl groups is 2. The summed E-state index contributed by atoms with van der Waals surface area (Å²) in [5.41, 5.74) is 3.70. The minimum atomic E-state index is -1.31. The summed E-state index contributed by atoms with van der Waals surface area (Å²) < 4.78 is 10.2. The van der Waals surface area contributed by atoms with Crippen molar-refractivity contribution in [3.8, 4) is 0 Å². The number of hydrogen-bond donors (Lipinski definition) is 8. The maximum absolute atomic E-state index is 12.1. The van der Waals surface area contributed by atoms with Crippen LogP contribution in [0.15, 0.2) is 0 Å². The van der Waals surface area contributed by atoms with Crippen molar-refractivity contribution in [1.82, 2.24) is 21.3 Å². The van der Waals surface area contributed by atoms with Gasteiger partial charge in [0, 0.05) is 19.4 Å². The predicted octanol–water partition coefficient (Wildman–Crippen LogP) is -4.67. The summed E-state index contributed by atoms with van der Waals surface area (Å²) in [5, 5.41) is 36.2. The third-order valence-electron chi connectivity index (χ3n) is 4.81. The van der Waals surface area contributed by atoms with E-state index in [4.69, 9.17) is 25.4 Å². The second-order valence-corrected chi connectivity index (χ2v) is 7.57. The largest absolute Gasteiger partial charge is 0.481 e. The lowest BCUT2D eigenvalue weighted by molar-refractivity contribution is -0.137. The van der Waals surface area contributed by atoms with E-state index in [0.29, 0.717) is 0 Å². The van der Waals surface area contributed by atoms with Gasteiger partial charge in [0.15, 0.2) is 5.78 Å². The standard InChI is InChI=1S/C19H31N5O11/c20-16(31)11(8-25)22-14(28)10-35-6-5-34-4-3-21-17(32)12(9-26)23-18(33)24-19(7-13(19)27)2-1-15(29)30/h11-12,25-26H,1-10H2,(H2,20,31)(H,21,32)(H,22,28)(H,29,30)(H2,23,24,33)/t11-,12+,19+/m1/s1. The first-order chi connectivity index (χ1) is 16.5. The zero-order valence-corrected chi connectivity index (χ0v) is 18.9. The van der Waals surface area contributed by atoms with Gasteiger partial charge in [0.1, 0.15) is 24.2 Å². The van der Waals surface area contributed by atoms with Gasteiger partial charge in [-0.2, -0.15) is 0 Å². The summed E-state index contributed by atoms with van der Waals surface area (Å²) >= 11 is 0. The fraction of sp³-hybridized carbons (Fsp3) is 0.684. The topological polar surface area (TPSA) is 256 Å². The molecule has 0 heterocycles. The van der Waals surface area contributed by atoms with E-state index in [1.165, 1.54) is 0 Å². The van der Waals surface area contributed by atoms with Crippen LogP contribution in [0.5, 0.6) is 0 Å². The number of carbonyl (C=O) groups is 6. The number of hydrogen-bond acceptors (Lipinski definition) is 10. The number of amides is 5. The normalized spacial score (nSPS) is 18.2. The number of aliphatic carboxylic acids is 1. The molecule has 0 unspecified atom stereocenters. The number of rotatable bonds is 18. The van der Waals surface area contributed by atoms with Gasteiger partial charge in [-0.05, 0) is 6.42 Å². The van der Waals surface area contributed by atoms with Crippen LogP contribution in [0.3, 0.4) is 0 Å². The van der Waals surface area contributed by atoms with E-state index in [1.54, 1.807) is 0 Å². The summed E-state index contributed by atoms with van der Waals surface area (Å²) in [6.07, 6.45) is -0.396. The van der Waals surface area contributed by atoms with Crippen LogP contribution in [0.1, 0.15) is 19.3 Å². The van der Waals surface area contributed by atoms with Crippen LogP contribution in [-0.4, -0.2) is 115 Å². The van der Waals surface area contributed by atoms with Crippen molar-refractivity contribution in [3.63, 3.8) is 0 Å². The van der Waals surface area contributed by atoms with E-state index in [-0.39, 0.29) is 58.0 Å². The number of urea groups is 1. The molecule has 1 rings (SSSR count). The van der Waals surface area contributed by atoms with E-state index in [9.17, 15) is 33.9 Å². The Hall–Kier alpha value is -3.34. The number of ether oxygens (including phenoxy) is 2. The van der Waals surface area contributed by atoms with Gasteiger partial charge < -0.3 is 51.8 Å². The van der Waals surface area contributed by atoms with Crippen LogP contribution in [0, 0.1) is 0 Å². The SMILES string of the molecule is NC(=O)[C@@H](CO)NC(=O)COCCOCCNC(=O)[C@H](CO)NC(=O)N[C@@]1(CCC(=O)O)CC1=O. The molecule has 1 aliphatic carbocycles. The highest BCUT2D eigenvalue weighted by Gasteiger charge is 2.54. The summed E-state index contributed by atoms with van der Waals surface area (Å²) in [7, 11) is 0. The lowest BCUT2D eigenvalue weighted by Crippen LogP contribution is -2.54. The van der Waals surface area contributed by atoms with Crippen LogP contribution < -0.4 is 27.0 Å². The Balaban J connectivity index is 2.20. The van der Waals surface area contributed by atoms with E-state index in [2.05, 4.69) is 21.3 Å². The molecule has 5 amide bonds. The minimum absolute atomic E-state index is 0.00797. The van der Waals surface area contributed by atoms with Gasteiger partial charge in [-0.1, -0.05) is 0 Å². The molecule has 0 radical (unpaired) electrons. The molecular formula is C19H31N5O11. The highest BCUT2D eigenvalue weighted by Crippen LogP contribution is 2.35. The molecule has 16 nitrogen and oxygen atoms in total. The Labute approximate surface area is 199 Å². The van der Waals surface area contributed by atoms with E-state index in [1.807, 2.05) is 0 Å². The van der Waals surface area contributed by atoms with Crippen LogP contribution >= 0.6 is 0 Å². The zero-order chi connectivity index (χ0) is 26.4. The second-order valence-electron chi connectivity index (χ2n) is 7.57. The van der Waals surface area contributed by atoms with Gasteiger partial charge in [-0.25, -0.2) is 4.79 Å². The molecule has 0 spiro atoms. The Morgan fingerprint density at radius 2 is 1.63 bits per heavy atom. The Kier molecular flexibility index (Phi) is 12.6. The van der Waals surface area contributed by atoms with Crippen LogP contribution in [0.4, 0.5) is 4.79 Å². The van der Waals surface area contributed by atoms with Crippen molar-refractivity contribution >= 4 is 35.5 Å². The van der Waals surface area contributed by atoms with Crippen LogP contribution in [0.2, 0.25) is 0 Å². The molecule has 0 aromatic heterocycles. The van der Waals surface area contributed by atoms with Crippen molar-refractivity contribution in [1.29, 1.82) is 0 Å². The molecule has 0 aromatic carbocycles. The molecule has 198 valence electrons. The molecule has 3 atom stereocenters. The van der Waals surface area contributed by atoms with Gasteiger partial charge in [0.05, 0.1) is 33.0 Å². The maximum atomic E-state index is 12.1. The van der Waals surface area contributed by atoms with Crippen LogP contribution in [-0.2, 0) is 33.4 Å². The second kappa shape index (κ2) is 14.8. The number of carboxylic acids is 1. The fourth-order valence-electron chi connectivity index (χ4n) is 2.76. The highest BCUT2D eigenvalue weighted by atomic mass is 16.5. The van der Waals surface area contributed by atoms with Crippen molar-refractivity contribution in [3.05, 3.63) is 0 Å². The first-order valence-corrected chi connectivity index (χ1v) is 10.6. The summed E-state index contributed by atoms with van der Waals surface area (Å²) in [5.74, 6) is -3.69. The first-order valence-electron chi connectivity index (χ1n) is 10.6. The molecule has 35 heavy (non-hydrogen) atoms. The lowest BCUT2D eigenvalue weighted by atomic mass is 10.1. The molecule has 0 saturated heterocycles. The molecular weight excluding hydrogens is 474 g/mol. The van der Waals surface area contributed by atoms with Gasteiger partial charge in [-0.3, -0.25) is 24.0 Å². The molecule has 1 fully saturated rings. The van der Waals surface area contributed by atoms with Crippen molar-refractivity contribution in [2.75, 3.05) is 46.2 Å². The summed E-state index contributed by atoms with van der Waals surface area (Å²) in [4.78, 5) is 68.9. The van der Waals surface area contributed by atoms with Crippen molar-refractivity contribution in [2.24, 2.45) is 5.73 Å². The number of Topliss-reactive ketones (excluding diaryl/α,β-unsaturated/α-hetero) is 1. The van der Waals surface area contributed by atoms with Gasteiger partial charge >= 0.3 is 12.0 Å². The Morgan fingerprint density at radius 1 is 1.00 bits per heavy atom. The van der Waals surface area contributed by atoms with E-state index >= 15 is 0 Å². The number of nitrogens with one attached hydrogen (secondary N) is 4. The third kappa shape index (κ3) is 11.1. The van der Waals surface area contributed by atoms with Gasteiger partial charge in [0.2, 0.25) is 17.7 Å². The average Bonchev–Trinajstić information content (AvgIpc) is 3.43. The first kappa shape index (κ1) is 29.7. The number of primary amides is 1. The molecule has 1 saturated carbocycles. The minimum Gasteiger partial charge on any atom is -0.481 e. The molecule has 0 bridgehead atoms. The number of ketones is 1. The maximum Gasteiger partial charge on any atom is 0.316 e. The lowest BCUT2D eigenvalue weighted by Gasteiger charge is -2.19. The number of aliphatic hydroxyl groups excluding tert-OH is 2. The van der Waals surface area contributed by atoms with E-state index < -0.39 is 60.6 Å². The summed E-state index contributed by atoms with van der Waals surface area (Å²) in [6.45, 7) is -1.59. The van der Waals surface area contributed by atoms with Crippen molar-refractivity contribution in [2.45, 2.75) is 36.9 Å². The molecule has 16 heteroatoms. The van der Waals surface area contributed by atoms with Crippen molar-refractivity contribution < 1.29 is 53.6 Å². The molecule has 9 N–H and O–H groups in total. The van der Waals surface area contributed by atoms with Gasteiger partial charge in [0.25, 0.3) is 0 Å². The van der Waals surface area contributed by atoms with E-state index in [0.717, 1.165) is 0 Å². The smallest absolute Gasteiger partial charge is 0.316 e. The monoisotopic (exact) mass is 505 g/mol. The predicted molar refractivity (Wildman–Crippen MR) is 115 cm³/mol. The highest BCUT2D eigenvalue weighted by molar-refractivity contribution is 6.08. The Bertz CT molecular complexity index is 793. The zero-order valence-electron chi connectivity index (χ0n) is 18.9. The van der Waals surface area contributed by atoms with Crippen LogP contribution in [0.25, 0.3) is 0 Å². The Morgan fingerprint density at radius 3 is 2.17 bits per heavy atom. The molecule has 0 aromatic rings. The quantitative estimate of drug-likeness (QED) is 0.0821. The number of carboxylic acid groups (broad SMARTS) is 1. The summed E-state index contributed by atoms with van der Waals surface area (Å²) in [6, 6.07) is -3.41. The third-order valence-corrected chi connectivity index (χ3v) is 4.81. The number of nitrogens with two attached hydrogens (primary N) is 1. The molecule has 0 aliphatic heterocycles.